The summed E-state index contributed by atoms with van der Waals surface area (Å²) >= 11 is 0. The summed E-state index contributed by atoms with van der Waals surface area (Å²) in [6.45, 7) is 5.83. The van der Waals surface area contributed by atoms with Crippen LogP contribution in [0.3, 0.4) is 0 Å². The molecule has 0 bridgehead atoms. The van der Waals surface area contributed by atoms with E-state index in [9.17, 15) is 4.79 Å². The zero-order valence-electron chi connectivity index (χ0n) is 10.4. The van der Waals surface area contributed by atoms with E-state index in [2.05, 4.69) is 15.4 Å². The van der Waals surface area contributed by atoms with Gasteiger partial charge in [0.15, 0.2) is 5.78 Å². The van der Waals surface area contributed by atoms with Crippen LogP contribution in [0.4, 0.5) is 0 Å². The largest absolute Gasteiger partial charge is 0.294 e. The maximum atomic E-state index is 11.5. The summed E-state index contributed by atoms with van der Waals surface area (Å²) in [5.74, 6) is 0.0467. The summed E-state index contributed by atoms with van der Waals surface area (Å²) in [6, 6.07) is 0. The lowest BCUT2D eigenvalue weighted by atomic mass is 10.1. The van der Waals surface area contributed by atoms with E-state index < -0.39 is 0 Å². The topological polar surface area (TPSA) is 65.6 Å². The molecule has 0 aliphatic rings. The molecule has 6 nitrogen and oxygen atoms in total. The Morgan fingerprint density at radius 2 is 2.12 bits per heavy atom. The summed E-state index contributed by atoms with van der Waals surface area (Å²) < 4.78 is 3.43. The van der Waals surface area contributed by atoms with Gasteiger partial charge in [-0.25, -0.2) is 0 Å². The second-order valence-electron chi connectivity index (χ2n) is 4.14. The third-order valence-corrected chi connectivity index (χ3v) is 2.70. The van der Waals surface area contributed by atoms with Crippen molar-refractivity contribution >= 4 is 5.78 Å². The fourth-order valence-electron chi connectivity index (χ4n) is 1.98. The van der Waals surface area contributed by atoms with Gasteiger partial charge in [-0.2, -0.15) is 5.10 Å². The van der Waals surface area contributed by atoms with Gasteiger partial charge in [-0.15, -0.1) is 5.10 Å². The summed E-state index contributed by atoms with van der Waals surface area (Å²) in [5.41, 5.74) is 3.17. The molecule has 0 unspecified atom stereocenters. The van der Waals surface area contributed by atoms with Gasteiger partial charge in [-0.05, 0) is 20.8 Å². The highest BCUT2D eigenvalue weighted by Crippen LogP contribution is 2.14. The average molecular weight is 233 g/mol. The molecule has 0 aliphatic carbocycles. The van der Waals surface area contributed by atoms with E-state index >= 15 is 0 Å². The van der Waals surface area contributed by atoms with Crippen molar-refractivity contribution < 1.29 is 4.79 Å². The maximum Gasteiger partial charge on any atom is 0.163 e. The minimum absolute atomic E-state index is 0.0467. The summed E-state index contributed by atoms with van der Waals surface area (Å²) in [4.78, 5) is 11.5. The number of hydrogen-bond acceptors (Lipinski definition) is 4. The average Bonchev–Trinajstić information content (AvgIpc) is 2.73. The first-order valence-electron chi connectivity index (χ1n) is 5.39. The molecule has 0 aliphatic heterocycles. The smallest absolute Gasteiger partial charge is 0.163 e. The molecule has 6 heteroatoms. The van der Waals surface area contributed by atoms with Gasteiger partial charge in [0.2, 0.25) is 0 Å². The van der Waals surface area contributed by atoms with Gasteiger partial charge in [0.05, 0.1) is 17.8 Å². The predicted molar refractivity (Wildman–Crippen MR) is 61.8 cm³/mol. The normalized spacial score (nSPS) is 10.8. The van der Waals surface area contributed by atoms with E-state index in [1.165, 1.54) is 0 Å². The van der Waals surface area contributed by atoms with Crippen molar-refractivity contribution in [1.82, 2.24) is 24.8 Å². The molecular formula is C11H15N5O. The van der Waals surface area contributed by atoms with Gasteiger partial charge in [-0.1, -0.05) is 5.21 Å². The summed E-state index contributed by atoms with van der Waals surface area (Å²) in [6.07, 6.45) is 1.84. The molecular weight excluding hydrogens is 218 g/mol. The first-order valence-corrected chi connectivity index (χ1v) is 5.39. The van der Waals surface area contributed by atoms with E-state index in [4.69, 9.17) is 0 Å². The second kappa shape index (κ2) is 4.12. The lowest BCUT2D eigenvalue weighted by molar-refractivity contribution is 0.101. The van der Waals surface area contributed by atoms with Crippen molar-refractivity contribution in [2.75, 3.05) is 0 Å². The van der Waals surface area contributed by atoms with Crippen LogP contribution in [0, 0.1) is 13.8 Å². The SMILES string of the molecule is CC(=O)c1c(C)nn(Cc2cn(C)nn2)c1C. The van der Waals surface area contributed by atoms with Crippen molar-refractivity contribution in [2.45, 2.75) is 27.3 Å². The number of carbonyl (C=O) groups excluding carboxylic acids is 1. The Morgan fingerprint density at radius 1 is 1.41 bits per heavy atom. The van der Waals surface area contributed by atoms with E-state index in [-0.39, 0.29) is 5.78 Å². The van der Waals surface area contributed by atoms with Gasteiger partial charge in [0.25, 0.3) is 0 Å². The van der Waals surface area contributed by atoms with Crippen LogP contribution >= 0.6 is 0 Å². The van der Waals surface area contributed by atoms with Crippen LogP contribution in [0.25, 0.3) is 0 Å². The molecule has 0 saturated heterocycles. The van der Waals surface area contributed by atoms with E-state index in [0.29, 0.717) is 12.1 Å². The molecule has 0 N–H and O–H groups in total. The highest BCUT2D eigenvalue weighted by atomic mass is 16.1. The van der Waals surface area contributed by atoms with Gasteiger partial charge in [0.1, 0.15) is 5.69 Å². The fraction of sp³-hybridized carbons (Fsp3) is 0.455. The molecule has 90 valence electrons. The number of carbonyl (C=O) groups is 1. The van der Waals surface area contributed by atoms with Gasteiger partial charge in [0, 0.05) is 18.9 Å². The predicted octanol–water partition coefficient (Wildman–Crippen LogP) is 0.879. The molecule has 2 heterocycles. The van der Waals surface area contributed by atoms with Crippen LogP contribution in [0.15, 0.2) is 6.20 Å². The van der Waals surface area contributed by atoms with Crippen molar-refractivity contribution in [3.63, 3.8) is 0 Å². The van der Waals surface area contributed by atoms with E-state index in [0.717, 1.165) is 17.1 Å². The Hall–Kier alpha value is -1.98. The zero-order chi connectivity index (χ0) is 12.6. The Bertz CT molecular complexity index is 566. The minimum atomic E-state index is 0.0467. The van der Waals surface area contributed by atoms with Crippen molar-refractivity contribution in [3.05, 3.63) is 28.8 Å². The Balaban J connectivity index is 2.34. The number of ketones is 1. The Morgan fingerprint density at radius 3 is 2.59 bits per heavy atom. The van der Waals surface area contributed by atoms with Crippen molar-refractivity contribution in [3.8, 4) is 0 Å². The monoisotopic (exact) mass is 233 g/mol. The summed E-state index contributed by atoms with van der Waals surface area (Å²) in [5, 5.41) is 12.2. The molecule has 17 heavy (non-hydrogen) atoms. The van der Waals surface area contributed by atoms with Gasteiger partial charge in [-0.3, -0.25) is 14.2 Å². The molecule has 0 fully saturated rings. The van der Waals surface area contributed by atoms with Crippen molar-refractivity contribution in [1.29, 1.82) is 0 Å². The molecule has 0 amide bonds. The standard InChI is InChI=1S/C11H15N5O/c1-7-11(9(3)17)8(2)16(13-7)6-10-5-15(4)14-12-10/h5H,6H2,1-4H3. The number of nitrogens with zero attached hydrogens (tertiary/aromatic N) is 5. The van der Waals surface area contributed by atoms with Crippen LogP contribution in [0.1, 0.15) is 34.4 Å². The molecule has 0 radical (unpaired) electrons. The maximum absolute atomic E-state index is 11.5. The lowest BCUT2D eigenvalue weighted by Gasteiger charge is -2.01. The first kappa shape index (κ1) is 11.5. The Kier molecular flexibility index (Phi) is 2.79. The molecule has 2 aromatic heterocycles. The molecule has 2 aromatic rings. The summed E-state index contributed by atoms with van der Waals surface area (Å²) in [7, 11) is 1.82. The van der Waals surface area contributed by atoms with E-state index in [1.54, 1.807) is 16.3 Å². The van der Waals surface area contributed by atoms with Crippen LogP contribution in [-0.2, 0) is 13.6 Å². The fourth-order valence-corrected chi connectivity index (χ4v) is 1.98. The van der Waals surface area contributed by atoms with E-state index in [1.807, 2.05) is 27.1 Å². The molecule has 0 spiro atoms. The molecule has 2 rings (SSSR count). The number of hydrogen-bond donors (Lipinski definition) is 0. The van der Waals surface area contributed by atoms with Gasteiger partial charge >= 0.3 is 0 Å². The van der Waals surface area contributed by atoms with Crippen molar-refractivity contribution in [2.24, 2.45) is 7.05 Å². The minimum Gasteiger partial charge on any atom is -0.294 e. The quantitative estimate of drug-likeness (QED) is 0.738. The molecule has 0 saturated carbocycles. The van der Waals surface area contributed by atoms with Crippen LogP contribution in [0.5, 0.6) is 0 Å². The van der Waals surface area contributed by atoms with Crippen LogP contribution < -0.4 is 0 Å². The molecule has 0 atom stereocenters. The number of rotatable bonds is 3. The molecule has 0 aromatic carbocycles. The third-order valence-electron chi connectivity index (χ3n) is 2.70. The highest BCUT2D eigenvalue weighted by Gasteiger charge is 2.15. The second-order valence-corrected chi connectivity index (χ2v) is 4.14. The third kappa shape index (κ3) is 2.11. The van der Waals surface area contributed by atoms with Crippen LogP contribution in [0.2, 0.25) is 0 Å². The highest BCUT2D eigenvalue weighted by molar-refractivity contribution is 5.96. The van der Waals surface area contributed by atoms with Gasteiger partial charge < -0.3 is 0 Å². The Labute approximate surface area is 99.2 Å². The number of Topliss-reactive ketones (excluding diaryl/α,β-unsaturated/α-hetero) is 1. The lowest BCUT2D eigenvalue weighted by Crippen LogP contribution is -2.05. The zero-order valence-corrected chi connectivity index (χ0v) is 10.4. The first-order chi connectivity index (χ1) is 7.99. The number of aromatic nitrogens is 5. The van der Waals surface area contributed by atoms with Crippen LogP contribution in [-0.4, -0.2) is 30.6 Å². The number of aryl methyl sites for hydroxylation is 2.